The number of piperidine rings is 1. The Morgan fingerprint density at radius 2 is 2.04 bits per heavy atom. The van der Waals surface area contributed by atoms with Gasteiger partial charge in [0.2, 0.25) is 0 Å². The van der Waals surface area contributed by atoms with Gasteiger partial charge >= 0.3 is 0 Å². The first-order valence-electron chi connectivity index (χ1n) is 9.59. The van der Waals surface area contributed by atoms with E-state index in [0.29, 0.717) is 0 Å². The fourth-order valence-corrected chi connectivity index (χ4v) is 4.22. The molecule has 1 atom stereocenters. The number of nitrogens with zero attached hydrogens (tertiary/aromatic N) is 2. The highest BCUT2D eigenvalue weighted by Gasteiger charge is 2.27. The summed E-state index contributed by atoms with van der Waals surface area (Å²) in [6.07, 6.45) is 4.24. The van der Waals surface area contributed by atoms with E-state index in [1.54, 1.807) is 7.11 Å². The summed E-state index contributed by atoms with van der Waals surface area (Å²) in [5.41, 5.74) is 3.35. The number of ketones is 1. The number of carbonyl (C=O) groups is 1. The minimum absolute atomic E-state index is 0.0563. The van der Waals surface area contributed by atoms with E-state index in [-0.39, 0.29) is 11.7 Å². The monoisotopic (exact) mass is 362 g/mol. The lowest BCUT2D eigenvalue weighted by atomic mass is 9.89. The molecular formula is C23H26N2O2. The minimum atomic E-state index is 0.0563. The zero-order chi connectivity index (χ0) is 18.8. The van der Waals surface area contributed by atoms with Crippen molar-refractivity contribution in [3.63, 3.8) is 0 Å². The summed E-state index contributed by atoms with van der Waals surface area (Å²) in [5, 5.41) is 1.31. The molecule has 1 aliphatic rings. The molecule has 0 radical (unpaired) electrons. The average molecular weight is 362 g/mol. The Balaban J connectivity index is 1.50. The van der Waals surface area contributed by atoms with E-state index in [9.17, 15) is 4.79 Å². The fourth-order valence-electron chi connectivity index (χ4n) is 4.22. The van der Waals surface area contributed by atoms with Gasteiger partial charge in [0.1, 0.15) is 5.75 Å². The number of para-hydroxylation sites is 1. The SMILES string of the molecule is COc1cccc(C(=O)C2CCCN(Cc3cn(C)c4ccccc34)C2)c1. The molecule has 4 heteroatoms. The molecule has 1 saturated heterocycles. The predicted octanol–water partition coefficient (Wildman–Crippen LogP) is 4.28. The maximum atomic E-state index is 13.0. The second-order valence-electron chi connectivity index (χ2n) is 7.45. The van der Waals surface area contributed by atoms with Gasteiger partial charge in [-0.2, -0.15) is 0 Å². The Bertz CT molecular complexity index is 960. The number of methoxy groups -OCH3 is 1. The summed E-state index contributed by atoms with van der Waals surface area (Å²) in [4.78, 5) is 15.4. The Kier molecular flexibility index (Phi) is 4.99. The Morgan fingerprint density at radius 3 is 2.89 bits per heavy atom. The summed E-state index contributed by atoms with van der Waals surface area (Å²) in [6, 6.07) is 16.0. The van der Waals surface area contributed by atoms with Crippen LogP contribution in [0.4, 0.5) is 0 Å². The largest absolute Gasteiger partial charge is 0.497 e. The van der Waals surface area contributed by atoms with E-state index in [0.717, 1.165) is 43.8 Å². The maximum Gasteiger partial charge on any atom is 0.167 e. The molecule has 1 aliphatic heterocycles. The van der Waals surface area contributed by atoms with Crippen LogP contribution in [0.5, 0.6) is 5.75 Å². The van der Waals surface area contributed by atoms with Crippen LogP contribution >= 0.6 is 0 Å². The number of rotatable bonds is 5. The summed E-state index contributed by atoms with van der Waals surface area (Å²) >= 11 is 0. The van der Waals surface area contributed by atoms with Gasteiger partial charge in [-0.15, -0.1) is 0 Å². The molecular weight excluding hydrogens is 336 g/mol. The van der Waals surface area contributed by atoms with Crippen LogP contribution in [-0.2, 0) is 13.6 Å². The number of hydrogen-bond acceptors (Lipinski definition) is 3. The van der Waals surface area contributed by atoms with Crippen LogP contribution < -0.4 is 4.74 Å². The molecule has 2 heterocycles. The van der Waals surface area contributed by atoms with E-state index in [2.05, 4.69) is 47.0 Å². The van der Waals surface area contributed by atoms with Gasteiger partial charge in [0, 0.05) is 48.7 Å². The third kappa shape index (κ3) is 3.62. The zero-order valence-corrected chi connectivity index (χ0v) is 16.0. The van der Waals surface area contributed by atoms with Crippen molar-refractivity contribution >= 4 is 16.7 Å². The Morgan fingerprint density at radius 1 is 1.19 bits per heavy atom. The van der Waals surface area contributed by atoms with Gasteiger partial charge in [0.15, 0.2) is 5.78 Å². The van der Waals surface area contributed by atoms with Crippen molar-refractivity contribution in [2.24, 2.45) is 13.0 Å². The second-order valence-corrected chi connectivity index (χ2v) is 7.45. The first kappa shape index (κ1) is 17.8. The normalized spacial score (nSPS) is 17.9. The van der Waals surface area contributed by atoms with Gasteiger partial charge in [0.05, 0.1) is 7.11 Å². The maximum absolute atomic E-state index is 13.0. The molecule has 0 amide bonds. The van der Waals surface area contributed by atoms with Gasteiger partial charge in [-0.25, -0.2) is 0 Å². The van der Waals surface area contributed by atoms with Crippen LogP contribution in [0.2, 0.25) is 0 Å². The highest BCUT2D eigenvalue weighted by atomic mass is 16.5. The number of aryl methyl sites for hydroxylation is 1. The lowest BCUT2D eigenvalue weighted by Crippen LogP contribution is -2.38. The number of fused-ring (bicyclic) bond motifs is 1. The second kappa shape index (κ2) is 7.57. The molecule has 0 saturated carbocycles. The van der Waals surface area contributed by atoms with Gasteiger partial charge < -0.3 is 9.30 Å². The standard InChI is InChI=1S/C23H26N2O2/c1-24-14-19(21-10-3-4-11-22(21)24)16-25-12-6-8-18(15-25)23(26)17-7-5-9-20(13-17)27-2/h3-5,7,9-11,13-14,18H,6,8,12,15-16H2,1-2H3. The lowest BCUT2D eigenvalue weighted by Gasteiger charge is -2.32. The van der Waals surface area contributed by atoms with E-state index in [4.69, 9.17) is 4.74 Å². The number of likely N-dealkylation sites (tertiary alicyclic amines) is 1. The molecule has 3 aromatic rings. The van der Waals surface area contributed by atoms with Crippen molar-refractivity contribution in [2.45, 2.75) is 19.4 Å². The number of aromatic nitrogens is 1. The number of carbonyl (C=O) groups excluding carboxylic acids is 1. The summed E-state index contributed by atoms with van der Waals surface area (Å²) < 4.78 is 7.46. The molecule has 0 spiro atoms. The predicted molar refractivity (Wildman–Crippen MR) is 108 cm³/mol. The number of Topliss-reactive ketones (excluding diaryl/α,β-unsaturated/α-hetero) is 1. The van der Waals surface area contributed by atoms with Crippen LogP contribution in [0.3, 0.4) is 0 Å². The van der Waals surface area contributed by atoms with Gasteiger partial charge in [-0.3, -0.25) is 9.69 Å². The Labute approximate surface area is 160 Å². The number of ether oxygens (including phenoxy) is 1. The van der Waals surface area contributed by atoms with Crippen LogP contribution in [0.25, 0.3) is 10.9 Å². The lowest BCUT2D eigenvalue weighted by molar-refractivity contribution is 0.0811. The first-order chi connectivity index (χ1) is 13.2. The quantitative estimate of drug-likeness (QED) is 0.635. The third-order valence-electron chi connectivity index (χ3n) is 5.60. The highest BCUT2D eigenvalue weighted by molar-refractivity contribution is 5.98. The van der Waals surface area contributed by atoms with Crippen LogP contribution in [-0.4, -0.2) is 35.4 Å². The van der Waals surface area contributed by atoms with E-state index in [1.807, 2.05) is 24.3 Å². The molecule has 4 nitrogen and oxygen atoms in total. The van der Waals surface area contributed by atoms with Crippen molar-refractivity contribution in [3.05, 3.63) is 65.9 Å². The van der Waals surface area contributed by atoms with Crippen molar-refractivity contribution < 1.29 is 9.53 Å². The molecule has 0 aliphatic carbocycles. The molecule has 140 valence electrons. The summed E-state index contributed by atoms with van der Waals surface area (Å²) in [6.45, 7) is 2.76. The third-order valence-corrected chi connectivity index (χ3v) is 5.60. The van der Waals surface area contributed by atoms with Crippen molar-refractivity contribution in [2.75, 3.05) is 20.2 Å². The molecule has 27 heavy (non-hydrogen) atoms. The number of hydrogen-bond donors (Lipinski definition) is 0. The highest BCUT2D eigenvalue weighted by Crippen LogP contribution is 2.26. The topological polar surface area (TPSA) is 34.5 Å². The first-order valence-corrected chi connectivity index (χ1v) is 9.59. The van der Waals surface area contributed by atoms with Crippen molar-refractivity contribution in [1.82, 2.24) is 9.47 Å². The fraction of sp³-hybridized carbons (Fsp3) is 0.348. The molecule has 0 bridgehead atoms. The number of benzene rings is 2. The smallest absolute Gasteiger partial charge is 0.167 e. The van der Waals surface area contributed by atoms with Crippen LogP contribution in [0.15, 0.2) is 54.7 Å². The van der Waals surface area contributed by atoms with Gasteiger partial charge in [-0.1, -0.05) is 30.3 Å². The molecule has 1 fully saturated rings. The van der Waals surface area contributed by atoms with Gasteiger partial charge in [-0.05, 0) is 43.1 Å². The van der Waals surface area contributed by atoms with Crippen molar-refractivity contribution in [1.29, 1.82) is 0 Å². The van der Waals surface area contributed by atoms with E-state index < -0.39 is 0 Å². The molecule has 1 aromatic heterocycles. The average Bonchev–Trinajstić information content (AvgIpc) is 3.03. The zero-order valence-electron chi connectivity index (χ0n) is 16.0. The molecule has 2 aromatic carbocycles. The van der Waals surface area contributed by atoms with Crippen LogP contribution in [0.1, 0.15) is 28.8 Å². The van der Waals surface area contributed by atoms with Crippen molar-refractivity contribution in [3.8, 4) is 5.75 Å². The molecule has 4 rings (SSSR count). The Hall–Kier alpha value is -2.59. The minimum Gasteiger partial charge on any atom is -0.497 e. The summed E-state index contributed by atoms with van der Waals surface area (Å²) in [7, 11) is 3.73. The van der Waals surface area contributed by atoms with Crippen LogP contribution in [0, 0.1) is 5.92 Å². The molecule has 0 N–H and O–H groups in total. The molecule has 1 unspecified atom stereocenters. The summed E-state index contributed by atoms with van der Waals surface area (Å²) in [5.74, 6) is 1.03. The van der Waals surface area contributed by atoms with Gasteiger partial charge in [0.25, 0.3) is 0 Å². The van der Waals surface area contributed by atoms with E-state index in [1.165, 1.54) is 16.5 Å². The van der Waals surface area contributed by atoms with E-state index >= 15 is 0 Å².